The molecule has 0 aliphatic heterocycles. The Morgan fingerprint density at radius 2 is 1.71 bits per heavy atom. The van der Waals surface area contributed by atoms with Gasteiger partial charge in [-0.25, -0.2) is 0 Å². The summed E-state index contributed by atoms with van der Waals surface area (Å²) in [5.41, 5.74) is 1.43. The van der Waals surface area contributed by atoms with Gasteiger partial charge in [-0.1, -0.05) is 44.9 Å². The van der Waals surface area contributed by atoms with E-state index in [1.807, 2.05) is 6.07 Å². The molecule has 0 radical (unpaired) electrons. The third kappa shape index (κ3) is 3.37. The number of hydrogen-bond donors (Lipinski definition) is 2. The Hall–Kier alpha value is -2.10. The molecule has 0 saturated carbocycles. The first kappa shape index (κ1) is 18.2. The summed E-state index contributed by atoms with van der Waals surface area (Å²) in [5, 5.41) is 20.7. The second-order valence-corrected chi connectivity index (χ2v) is 6.44. The van der Waals surface area contributed by atoms with Crippen molar-refractivity contribution in [2.75, 3.05) is 14.2 Å². The van der Waals surface area contributed by atoms with Gasteiger partial charge in [0.05, 0.1) is 14.2 Å². The van der Waals surface area contributed by atoms with Gasteiger partial charge in [0, 0.05) is 17.6 Å². The van der Waals surface area contributed by atoms with Crippen molar-refractivity contribution in [3.63, 3.8) is 0 Å². The molecule has 0 unspecified atom stereocenters. The smallest absolute Gasteiger partial charge is 0.168 e. The molecule has 132 valence electrons. The van der Waals surface area contributed by atoms with Crippen LogP contribution in [0.25, 0.3) is 5.57 Å². The molecule has 4 heteroatoms. The monoisotopic (exact) mass is 332 g/mol. The van der Waals surface area contributed by atoms with E-state index in [9.17, 15) is 10.2 Å². The maximum atomic E-state index is 10.6. The van der Waals surface area contributed by atoms with Gasteiger partial charge in [0.2, 0.25) is 0 Å². The fourth-order valence-electron chi connectivity index (χ4n) is 3.81. The van der Waals surface area contributed by atoms with Gasteiger partial charge in [-0.05, 0) is 24.3 Å². The topological polar surface area (TPSA) is 58.9 Å². The van der Waals surface area contributed by atoms with Crippen LogP contribution in [0.2, 0.25) is 0 Å². The lowest BCUT2D eigenvalue weighted by atomic mass is 9.71. The quantitative estimate of drug-likeness (QED) is 0.721. The van der Waals surface area contributed by atoms with Crippen molar-refractivity contribution < 1.29 is 19.7 Å². The highest BCUT2D eigenvalue weighted by atomic mass is 16.5. The van der Waals surface area contributed by atoms with E-state index < -0.39 is 0 Å². The summed E-state index contributed by atoms with van der Waals surface area (Å²) in [6, 6.07) is 5.24. The summed E-state index contributed by atoms with van der Waals surface area (Å²) < 4.78 is 10.9. The first-order chi connectivity index (χ1) is 11.5. The molecule has 2 N–H and O–H groups in total. The van der Waals surface area contributed by atoms with Crippen LogP contribution in [-0.2, 0) is 4.74 Å². The maximum Gasteiger partial charge on any atom is 0.168 e. The van der Waals surface area contributed by atoms with Crippen LogP contribution in [0.15, 0.2) is 35.8 Å². The molecule has 0 saturated heterocycles. The Bertz CT molecular complexity index is 637. The maximum absolute atomic E-state index is 10.6. The largest absolute Gasteiger partial charge is 0.508 e. The van der Waals surface area contributed by atoms with E-state index in [1.54, 1.807) is 19.2 Å². The number of aliphatic hydroxyl groups is 1. The van der Waals surface area contributed by atoms with E-state index >= 15 is 0 Å². The predicted molar refractivity (Wildman–Crippen MR) is 96.2 cm³/mol. The molecular weight excluding hydrogens is 304 g/mol. The van der Waals surface area contributed by atoms with Crippen LogP contribution in [0.4, 0.5) is 0 Å². The zero-order chi connectivity index (χ0) is 17.7. The lowest BCUT2D eigenvalue weighted by Gasteiger charge is -2.35. The van der Waals surface area contributed by atoms with Crippen LogP contribution in [0.1, 0.15) is 51.5 Å². The van der Waals surface area contributed by atoms with E-state index in [1.165, 1.54) is 7.11 Å². The third-order valence-corrected chi connectivity index (χ3v) is 4.67. The van der Waals surface area contributed by atoms with Crippen LogP contribution < -0.4 is 4.74 Å². The van der Waals surface area contributed by atoms with Crippen molar-refractivity contribution in [3.05, 3.63) is 41.4 Å². The summed E-state index contributed by atoms with van der Waals surface area (Å²) in [6.07, 6.45) is 6.85. The molecule has 1 aromatic rings. The molecule has 0 amide bonds. The molecule has 24 heavy (non-hydrogen) atoms. The van der Waals surface area contributed by atoms with Gasteiger partial charge < -0.3 is 19.7 Å². The number of phenolic OH excluding ortho intramolecular Hbond substituents is 1. The molecule has 0 bridgehead atoms. The molecule has 4 nitrogen and oxygen atoms in total. The highest BCUT2D eigenvalue weighted by Crippen LogP contribution is 2.48. The fourth-order valence-corrected chi connectivity index (χ4v) is 3.81. The fraction of sp³-hybridized carbons (Fsp3) is 0.500. The van der Waals surface area contributed by atoms with Crippen molar-refractivity contribution in [1.29, 1.82) is 0 Å². The molecule has 2 rings (SSSR count). The molecule has 0 fully saturated rings. The van der Waals surface area contributed by atoms with Gasteiger partial charge in [-0.15, -0.1) is 0 Å². The average Bonchev–Trinajstić information content (AvgIpc) is 2.54. The van der Waals surface area contributed by atoms with E-state index in [2.05, 4.69) is 19.9 Å². The van der Waals surface area contributed by atoms with Crippen LogP contribution in [0.3, 0.4) is 0 Å². The van der Waals surface area contributed by atoms with Crippen molar-refractivity contribution >= 4 is 5.57 Å². The Morgan fingerprint density at radius 3 is 2.25 bits per heavy atom. The van der Waals surface area contributed by atoms with E-state index in [0.717, 1.165) is 36.8 Å². The van der Waals surface area contributed by atoms with Crippen molar-refractivity contribution in [3.8, 4) is 11.5 Å². The van der Waals surface area contributed by atoms with Gasteiger partial charge in [0.25, 0.3) is 0 Å². The standard InChI is InChI=1S/C20H28O4/c1-5-10-20(11-6-2)12-15(19(24-4)17(22)13-20)14-8-7-9-16(21)18(14)23-3/h7-9,12,21-22H,5-6,10-11,13H2,1-4H3. The van der Waals surface area contributed by atoms with E-state index in [0.29, 0.717) is 17.9 Å². The lowest BCUT2D eigenvalue weighted by molar-refractivity contribution is 0.211. The molecule has 1 aliphatic rings. The SMILES string of the molecule is CCCC1(CCC)C=C(c2cccc(O)c2OC)C(OC)=C(O)C1. The van der Waals surface area contributed by atoms with Crippen LogP contribution in [-0.4, -0.2) is 24.4 Å². The first-order valence-electron chi connectivity index (χ1n) is 8.57. The number of allylic oxidation sites excluding steroid dienone is 3. The summed E-state index contributed by atoms with van der Waals surface area (Å²) in [7, 11) is 3.09. The number of aliphatic hydroxyl groups excluding tert-OH is 1. The van der Waals surface area contributed by atoms with Crippen molar-refractivity contribution in [2.24, 2.45) is 5.41 Å². The van der Waals surface area contributed by atoms with Crippen LogP contribution >= 0.6 is 0 Å². The Morgan fingerprint density at radius 1 is 1.04 bits per heavy atom. The number of rotatable bonds is 7. The zero-order valence-electron chi connectivity index (χ0n) is 15.1. The molecule has 1 aliphatic carbocycles. The average molecular weight is 332 g/mol. The first-order valence-corrected chi connectivity index (χ1v) is 8.57. The Kier molecular flexibility index (Phi) is 5.81. The van der Waals surface area contributed by atoms with Crippen molar-refractivity contribution in [2.45, 2.75) is 46.0 Å². The van der Waals surface area contributed by atoms with Gasteiger partial charge >= 0.3 is 0 Å². The number of para-hydroxylation sites is 1. The highest BCUT2D eigenvalue weighted by molar-refractivity contribution is 5.83. The number of benzene rings is 1. The lowest BCUT2D eigenvalue weighted by Crippen LogP contribution is -2.24. The predicted octanol–water partition coefficient (Wildman–Crippen LogP) is 5.19. The Balaban J connectivity index is 2.65. The van der Waals surface area contributed by atoms with Gasteiger partial charge in [-0.3, -0.25) is 0 Å². The van der Waals surface area contributed by atoms with E-state index in [4.69, 9.17) is 9.47 Å². The third-order valence-electron chi connectivity index (χ3n) is 4.67. The number of phenols is 1. The minimum atomic E-state index is -0.0958. The van der Waals surface area contributed by atoms with Crippen LogP contribution in [0, 0.1) is 5.41 Å². The number of ether oxygens (including phenoxy) is 2. The summed E-state index contributed by atoms with van der Waals surface area (Å²) in [4.78, 5) is 0. The molecule has 1 aromatic carbocycles. The zero-order valence-corrected chi connectivity index (χ0v) is 15.1. The van der Waals surface area contributed by atoms with E-state index in [-0.39, 0.29) is 16.9 Å². The van der Waals surface area contributed by atoms with Gasteiger partial charge in [-0.2, -0.15) is 0 Å². The number of aromatic hydroxyl groups is 1. The summed E-state index contributed by atoms with van der Waals surface area (Å²) in [6.45, 7) is 4.32. The summed E-state index contributed by atoms with van der Waals surface area (Å²) >= 11 is 0. The van der Waals surface area contributed by atoms with Gasteiger partial charge in [0.15, 0.2) is 17.3 Å². The normalized spacial score (nSPS) is 16.8. The molecule has 0 spiro atoms. The highest BCUT2D eigenvalue weighted by Gasteiger charge is 2.36. The molecule has 0 heterocycles. The van der Waals surface area contributed by atoms with Crippen LogP contribution in [0.5, 0.6) is 11.5 Å². The summed E-state index contributed by atoms with van der Waals surface area (Å²) in [5.74, 6) is 1.20. The molecule has 0 aromatic heterocycles. The van der Waals surface area contributed by atoms with Crippen molar-refractivity contribution in [1.82, 2.24) is 0 Å². The second kappa shape index (κ2) is 7.65. The minimum absolute atomic E-state index is 0.0769. The second-order valence-electron chi connectivity index (χ2n) is 6.44. The Labute approximate surface area is 144 Å². The van der Waals surface area contributed by atoms with Gasteiger partial charge in [0.1, 0.15) is 5.76 Å². The molecular formula is C20H28O4. The molecule has 0 atom stereocenters. The number of methoxy groups -OCH3 is 2. The minimum Gasteiger partial charge on any atom is -0.508 e. The number of hydrogen-bond acceptors (Lipinski definition) is 4.